The number of nitro benzene ring substituents is 1. The molecular weight excluding hydrogens is 392 g/mol. The summed E-state index contributed by atoms with van der Waals surface area (Å²) in [7, 11) is 0. The number of benzene rings is 1. The number of halogens is 2. The van der Waals surface area contributed by atoms with Crippen molar-refractivity contribution >= 4 is 37.5 Å². The van der Waals surface area contributed by atoms with Crippen LogP contribution in [-0.2, 0) is 6.54 Å². The molecule has 0 aliphatic carbocycles. The zero-order valence-electron chi connectivity index (χ0n) is 10.6. The zero-order chi connectivity index (χ0) is 14.7. The number of non-ortho nitro benzene ring substituents is 1. The number of hydrogen-bond acceptors (Lipinski definition) is 4. The molecule has 1 N–H and O–H groups in total. The number of furan rings is 1. The van der Waals surface area contributed by atoms with Crippen LogP contribution in [0.15, 0.2) is 43.9 Å². The van der Waals surface area contributed by atoms with E-state index in [0.717, 1.165) is 15.8 Å². The van der Waals surface area contributed by atoms with Crippen LogP contribution in [0.5, 0.6) is 0 Å². The number of rotatable bonds is 5. The van der Waals surface area contributed by atoms with Gasteiger partial charge in [0.25, 0.3) is 5.69 Å². The lowest BCUT2D eigenvalue weighted by Gasteiger charge is -2.12. The smallest absolute Gasteiger partial charge is 0.269 e. The Morgan fingerprint density at radius 2 is 2.15 bits per heavy atom. The topological polar surface area (TPSA) is 68.3 Å². The Bertz CT molecular complexity index is 608. The molecule has 1 heterocycles. The van der Waals surface area contributed by atoms with Gasteiger partial charge in [-0.3, -0.25) is 10.1 Å². The third-order valence-electron chi connectivity index (χ3n) is 2.86. The van der Waals surface area contributed by atoms with Gasteiger partial charge in [0.1, 0.15) is 5.76 Å². The molecule has 0 saturated heterocycles. The van der Waals surface area contributed by atoms with Gasteiger partial charge in [0, 0.05) is 18.2 Å². The van der Waals surface area contributed by atoms with Gasteiger partial charge in [-0.1, -0.05) is 12.1 Å². The average molecular weight is 404 g/mol. The zero-order valence-corrected chi connectivity index (χ0v) is 13.8. The van der Waals surface area contributed by atoms with Gasteiger partial charge in [0.05, 0.1) is 15.9 Å². The molecule has 1 aromatic carbocycles. The van der Waals surface area contributed by atoms with Crippen LogP contribution < -0.4 is 5.32 Å². The van der Waals surface area contributed by atoms with Gasteiger partial charge in [-0.2, -0.15) is 0 Å². The Morgan fingerprint density at radius 1 is 1.40 bits per heavy atom. The second-order valence-electron chi connectivity index (χ2n) is 4.29. The number of nitrogens with one attached hydrogen (secondary N) is 1. The van der Waals surface area contributed by atoms with Crippen molar-refractivity contribution in [2.24, 2.45) is 0 Å². The third-order valence-corrected chi connectivity index (χ3v) is 4.57. The quantitative estimate of drug-likeness (QED) is 0.586. The number of hydrogen-bond donors (Lipinski definition) is 1. The lowest BCUT2D eigenvalue weighted by molar-refractivity contribution is -0.384. The summed E-state index contributed by atoms with van der Waals surface area (Å²) in [5, 5.41) is 14.0. The summed E-state index contributed by atoms with van der Waals surface area (Å²) in [4.78, 5) is 10.4. The molecular formula is C13H12Br2N2O3. The molecule has 106 valence electrons. The molecule has 7 heteroatoms. The van der Waals surface area contributed by atoms with Crippen molar-refractivity contribution in [3.8, 4) is 0 Å². The molecule has 2 rings (SSSR count). The first-order valence-electron chi connectivity index (χ1n) is 5.89. The minimum absolute atomic E-state index is 0.0162. The highest BCUT2D eigenvalue weighted by Gasteiger charge is 2.12. The normalized spacial score (nSPS) is 12.3. The van der Waals surface area contributed by atoms with Crippen LogP contribution in [-0.4, -0.2) is 4.92 Å². The van der Waals surface area contributed by atoms with E-state index in [2.05, 4.69) is 37.2 Å². The second-order valence-corrected chi connectivity index (χ2v) is 5.86. The van der Waals surface area contributed by atoms with Crippen molar-refractivity contribution in [1.29, 1.82) is 0 Å². The monoisotopic (exact) mass is 402 g/mol. The summed E-state index contributed by atoms with van der Waals surface area (Å²) in [6.07, 6.45) is 0. The fourth-order valence-corrected chi connectivity index (χ4v) is 2.42. The molecule has 0 spiro atoms. The van der Waals surface area contributed by atoms with Crippen molar-refractivity contribution in [3.05, 3.63) is 60.9 Å². The van der Waals surface area contributed by atoms with E-state index in [1.165, 1.54) is 6.07 Å². The summed E-state index contributed by atoms with van der Waals surface area (Å²) < 4.78 is 6.97. The van der Waals surface area contributed by atoms with Crippen molar-refractivity contribution < 1.29 is 9.34 Å². The Morgan fingerprint density at radius 3 is 2.75 bits per heavy atom. The van der Waals surface area contributed by atoms with Gasteiger partial charge in [0.15, 0.2) is 4.67 Å². The SMILES string of the molecule is CC(NCc1cc(Br)c(Br)o1)c1cccc([N+](=O)[O-])c1. The van der Waals surface area contributed by atoms with Crippen molar-refractivity contribution in [3.63, 3.8) is 0 Å². The van der Waals surface area contributed by atoms with Crippen LogP contribution in [0, 0.1) is 10.1 Å². The van der Waals surface area contributed by atoms with E-state index in [1.807, 2.05) is 19.1 Å². The van der Waals surface area contributed by atoms with Gasteiger partial charge < -0.3 is 9.73 Å². The molecule has 0 aliphatic heterocycles. The maximum Gasteiger partial charge on any atom is 0.269 e. The molecule has 5 nitrogen and oxygen atoms in total. The van der Waals surface area contributed by atoms with Crippen molar-refractivity contribution in [2.45, 2.75) is 19.5 Å². The van der Waals surface area contributed by atoms with Crippen LogP contribution in [0.4, 0.5) is 5.69 Å². The molecule has 1 unspecified atom stereocenters. The molecule has 0 amide bonds. The molecule has 1 atom stereocenters. The number of nitrogens with zero attached hydrogens (tertiary/aromatic N) is 1. The maximum atomic E-state index is 10.8. The molecule has 2 aromatic rings. The predicted molar refractivity (Wildman–Crippen MR) is 82.5 cm³/mol. The summed E-state index contributed by atoms with van der Waals surface area (Å²) in [5.74, 6) is 0.779. The summed E-state index contributed by atoms with van der Waals surface area (Å²) in [6.45, 7) is 2.49. The first-order valence-corrected chi connectivity index (χ1v) is 7.47. The standard InChI is InChI=1S/C13H12Br2N2O3/c1-8(9-3-2-4-10(5-9)17(18)19)16-7-11-6-12(14)13(15)20-11/h2-6,8,16H,7H2,1H3. The van der Waals surface area contributed by atoms with Crippen LogP contribution in [0.25, 0.3) is 0 Å². The summed E-state index contributed by atoms with van der Waals surface area (Å²) >= 11 is 6.63. The van der Waals surface area contributed by atoms with E-state index in [-0.39, 0.29) is 11.7 Å². The molecule has 0 bridgehead atoms. The second kappa shape index (κ2) is 6.51. The van der Waals surface area contributed by atoms with E-state index < -0.39 is 4.92 Å². The van der Waals surface area contributed by atoms with E-state index >= 15 is 0 Å². The Kier molecular flexibility index (Phi) is 4.95. The van der Waals surface area contributed by atoms with Crippen LogP contribution >= 0.6 is 31.9 Å². The molecule has 0 saturated carbocycles. The molecule has 0 radical (unpaired) electrons. The van der Waals surface area contributed by atoms with Gasteiger partial charge in [0.2, 0.25) is 0 Å². The largest absolute Gasteiger partial charge is 0.452 e. The lowest BCUT2D eigenvalue weighted by Crippen LogP contribution is -2.17. The molecule has 1 aromatic heterocycles. The average Bonchev–Trinajstić information content (AvgIpc) is 2.75. The highest BCUT2D eigenvalue weighted by Crippen LogP contribution is 2.27. The van der Waals surface area contributed by atoms with E-state index in [9.17, 15) is 10.1 Å². The van der Waals surface area contributed by atoms with E-state index in [0.29, 0.717) is 11.2 Å². The lowest BCUT2D eigenvalue weighted by atomic mass is 10.1. The first-order chi connectivity index (χ1) is 9.47. The van der Waals surface area contributed by atoms with Gasteiger partial charge in [-0.05, 0) is 50.4 Å². The summed E-state index contributed by atoms with van der Waals surface area (Å²) in [5.41, 5.74) is 0.962. The minimum atomic E-state index is -0.392. The first kappa shape index (κ1) is 15.2. The molecule has 0 aliphatic rings. The minimum Gasteiger partial charge on any atom is -0.452 e. The third kappa shape index (κ3) is 3.68. The van der Waals surface area contributed by atoms with E-state index in [1.54, 1.807) is 12.1 Å². The van der Waals surface area contributed by atoms with Gasteiger partial charge >= 0.3 is 0 Å². The Balaban J connectivity index is 2.02. The fraction of sp³-hybridized carbons (Fsp3) is 0.231. The molecule has 20 heavy (non-hydrogen) atoms. The predicted octanol–water partition coefficient (Wildman–Crippen LogP) is 4.56. The van der Waals surface area contributed by atoms with Crippen LogP contribution in [0.1, 0.15) is 24.3 Å². The Hall–Kier alpha value is -1.18. The number of nitro groups is 1. The fourth-order valence-electron chi connectivity index (χ4n) is 1.76. The van der Waals surface area contributed by atoms with Gasteiger partial charge in [-0.25, -0.2) is 0 Å². The maximum absolute atomic E-state index is 10.8. The van der Waals surface area contributed by atoms with Crippen molar-refractivity contribution in [1.82, 2.24) is 5.32 Å². The van der Waals surface area contributed by atoms with Crippen LogP contribution in [0.2, 0.25) is 0 Å². The molecule has 0 fully saturated rings. The van der Waals surface area contributed by atoms with E-state index in [4.69, 9.17) is 4.42 Å². The summed E-state index contributed by atoms with van der Waals surface area (Å²) in [6, 6.07) is 8.46. The Labute approximate surface area is 132 Å². The highest BCUT2D eigenvalue weighted by atomic mass is 79.9. The van der Waals surface area contributed by atoms with Gasteiger partial charge in [-0.15, -0.1) is 0 Å². The van der Waals surface area contributed by atoms with Crippen LogP contribution in [0.3, 0.4) is 0 Å². The highest BCUT2D eigenvalue weighted by molar-refractivity contribution is 9.13. The van der Waals surface area contributed by atoms with Crippen molar-refractivity contribution in [2.75, 3.05) is 0 Å².